The van der Waals surface area contributed by atoms with Crippen molar-refractivity contribution in [2.24, 2.45) is 0 Å². The normalized spacial score (nSPS) is 17.3. The van der Waals surface area contributed by atoms with Gasteiger partial charge in [0.15, 0.2) is 5.79 Å². The number of hydrogen-bond donors (Lipinski definition) is 1. The third-order valence-corrected chi connectivity index (χ3v) is 8.38. The van der Waals surface area contributed by atoms with Gasteiger partial charge in [-0.3, -0.25) is 0 Å². The highest BCUT2D eigenvalue weighted by Crippen LogP contribution is 2.35. The van der Waals surface area contributed by atoms with Crippen LogP contribution >= 0.6 is 0 Å². The van der Waals surface area contributed by atoms with Gasteiger partial charge in [0.2, 0.25) is 0 Å². The molecule has 1 N–H and O–H groups in total. The fraction of sp³-hybridized carbons (Fsp3) is 0.795. The first-order valence-corrected chi connectivity index (χ1v) is 18.3. The van der Waals surface area contributed by atoms with Crippen molar-refractivity contribution in [2.75, 3.05) is 13.2 Å². The van der Waals surface area contributed by atoms with Crippen molar-refractivity contribution >= 4 is 0 Å². The summed E-state index contributed by atoms with van der Waals surface area (Å²) >= 11 is 0. The zero-order valence-electron chi connectivity index (χ0n) is 28.1. The van der Waals surface area contributed by atoms with E-state index >= 15 is 0 Å². The summed E-state index contributed by atoms with van der Waals surface area (Å²) in [4.78, 5) is 0. The Bertz CT molecular complexity index is 631. The Morgan fingerprint density at radius 1 is 0.548 bits per heavy atom. The van der Waals surface area contributed by atoms with Crippen molar-refractivity contribution in [3.63, 3.8) is 0 Å². The molecule has 3 nitrogen and oxygen atoms in total. The van der Waals surface area contributed by atoms with Crippen LogP contribution in [-0.2, 0) is 9.47 Å². The Morgan fingerprint density at radius 2 is 0.952 bits per heavy atom. The minimum absolute atomic E-state index is 0.0611. The number of aliphatic hydroxyl groups is 1. The van der Waals surface area contributed by atoms with Crippen LogP contribution in [0, 0.1) is 0 Å². The maximum absolute atomic E-state index is 9.38. The molecule has 42 heavy (non-hydrogen) atoms. The molecule has 1 atom stereocenters. The van der Waals surface area contributed by atoms with Gasteiger partial charge < -0.3 is 14.6 Å². The molecule has 1 unspecified atom stereocenters. The van der Waals surface area contributed by atoms with E-state index in [0.717, 1.165) is 25.7 Å². The van der Waals surface area contributed by atoms with Gasteiger partial charge in [-0.15, -0.1) is 0 Å². The third-order valence-electron chi connectivity index (χ3n) is 8.38. The van der Waals surface area contributed by atoms with Gasteiger partial charge in [0.1, 0.15) is 0 Å². The number of ether oxygens (including phenoxy) is 2. The smallest absolute Gasteiger partial charge is 0.168 e. The maximum Gasteiger partial charge on any atom is 0.168 e. The van der Waals surface area contributed by atoms with Crippen molar-refractivity contribution in [1.29, 1.82) is 0 Å². The van der Waals surface area contributed by atoms with Gasteiger partial charge in [-0.1, -0.05) is 127 Å². The zero-order chi connectivity index (χ0) is 30.2. The van der Waals surface area contributed by atoms with Crippen molar-refractivity contribution in [3.05, 3.63) is 48.6 Å². The maximum atomic E-state index is 9.38. The Labute approximate surface area is 262 Å². The molecule has 0 saturated carbocycles. The number of rotatable bonds is 30. The van der Waals surface area contributed by atoms with Crippen LogP contribution in [0.1, 0.15) is 174 Å². The second-order valence-corrected chi connectivity index (χ2v) is 12.4. The van der Waals surface area contributed by atoms with E-state index in [4.69, 9.17) is 9.47 Å². The Morgan fingerprint density at radius 3 is 1.38 bits per heavy atom. The van der Waals surface area contributed by atoms with E-state index in [9.17, 15) is 5.11 Å². The van der Waals surface area contributed by atoms with Crippen molar-refractivity contribution in [3.8, 4) is 0 Å². The van der Waals surface area contributed by atoms with Gasteiger partial charge in [-0.25, -0.2) is 0 Å². The molecular formula is C39H70O3. The summed E-state index contributed by atoms with van der Waals surface area (Å²) in [6.07, 6.45) is 49.1. The van der Waals surface area contributed by atoms with Gasteiger partial charge in [0, 0.05) is 19.4 Å². The summed E-state index contributed by atoms with van der Waals surface area (Å²) in [5, 5.41) is 9.38. The number of allylic oxidation sites excluding steroid dienone is 8. The quantitative estimate of drug-likeness (QED) is 0.0672. The van der Waals surface area contributed by atoms with Crippen molar-refractivity contribution in [1.82, 2.24) is 0 Å². The molecule has 1 saturated heterocycles. The first-order chi connectivity index (χ1) is 20.8. The highest BCUT2D eigenvalue weighted by Gasteiger charge is 2.40. The fourth-order valence-corrected chi connectivity index (χ4v) is 5.70. The largest absolute Gasteiger partial charge is 0.396 e. The summed E-state index contributed by atoms with van der Waals surface area (Å²) in [5.74, 6) is -0.403. The second kappa shape index (κ2) is 29.9. The predicted octanol–water partition coefficient (Wildman–Crippen LogP) is 12.1. The van der Waals surface area contributed by atoms with Crippen LogP contribution in [0.4, 0.5) is 0 Å². The number of hydrogen-bond acceptors (Lipinski definition) is 3. The van der Waals surface area contributed by atoms with Crippen LogP contribution in [-0.4, -0.2) is 30.2 Å². The Kier molecular flexibility index (Phi) is 27.7. The summed E-state index contributed by atoms with van der Waals surface area (Å²) < 4.78 is 12.7. The first-order valence-electron chi connectivity index (χ1n) is 18.3. The van der Waals surface area contributed by atoms with E-state index in [-0.39, 0.29) is 12.7 Å². The SMILES string of the molecule is CCCCC/C=C\C/C=C\CCCCCCCC1(CCCCCCC/C=C\C/C=C\CCCCC)OCC(CCO)O1. The molecule has 1 aliphatic rings. The van der Waals surface area contributed by atoms with E-state index in [1.165, 1.54) is 128 Å². The molecule has 1 heterocycles. The summed E-state index contributed by atoms with van der Waals surface area (Å²) in [5.41, 5.74) is 0. The number of unbranched alkanes of at least 4 members (excludes halogenated alkanes) is 16. The summed E-state index contributed by atoms with van der Waals surface area (Å²) in [7, 11) is 0. The summed E-state index contributed by atoms with van der Waals surface area (Å²) in [6, 6.07) is 0. The van der Waals surface area contributed by atoms with E-state index < -0.39 is 5.79 Å². The molecule has 0 radical (unpaired) electrons. The number of aliphatic hydroxyl groups excluding tert-OH is 1. The van der Waals surface area contributed by atoms with E-state index in [2.05, 4.69) is 62.5 Å². The second-order valence-electron chi connectivity index (χ2n) is 12.4. The molecule has 0 aromatic rings. The van der Waals surface area contributed by atoms with Crippen LogP contribution in [0.3, 0.4) is 0 Å². The van der Waals surface area contributed by atoms with Gasteiger partial charge in [-0.2, -0.15) is 0 Å². The highest BCUT2D eigenvalue weighted by molar-refractivity contribution is 4.93. The van der Waals surface area contributed by atoms with E-state index in [0.29, 0.717) is 13.0 Å². The van der Waals surface area contributed by atoms with Crippen LogP contribution in [0.5, 0.6) is 0 Å². The van der Waals surface area contributed by atoms with Crippen molar-refractivity contribution < 1.29 is 14.6 Å². The fourth-order valence-electron chi connectivity index (χ4n) is 5.70. The molecule has 0 amide bonds. The molecule has 3 heteroatoms. The lowest BCUT2D eigenvalue weighted by Gasteiger charge is -2.28. The van der Waals surface area contributed by atoms with Crippen LogP contribution in [0.15, 0.2) is 48.6 Å². The Balaban J connectivity index is 2.11. The molecule has 1 aliphatic heterocycles. The summed E-state index contributed by atoms with van der Waals surface area (Å²) in [6.45, 7) is 5.34. The third kappa shape index (κ3) is 23.3. The van der Waals surface area contributed by atoms with Gasteiger partial charge in [0.05, 0.1) is 12.7 Å². The molecule has 0 spiro atoms. The molecule has 0 aliphatic carbocycles. The van der Waals surface area contributed by atoms with Crippen LogP contribution in [0.25, 0.3) is 0 Å². The minimum Gasteiger partial charge on any atom is -0.396 e. The average Bonchev–Trinajstić information content (AvgIpc) is 3.40. The lowest BCUT2D eigenvalue weighted by molar-refractivity contribution is -0.180. The molecule has 1 rings (SSSR count). The molecule has 1 fully saturated rings. The topological polar surface area (TPSA) is 38.7 Å². The lowest BCUT2D eigenvalue weighted by atomic mass is 9.99. The zero-order valence-corrected chi connectivity index (χ0v) is 28.1. The first kappa shape index (κ1) is 38.9. The average molecular weight is 587 g/mol. The standard InChI is InChI=1S/C39H70O3/c1-3-5-7-9-11-13-15-17-19-21-23-25-27-29-31-34-39(41-37-38(42-39)33-36-40)35-32-30-28-26-24-22-20-18-16-14-12-10-8-6-4-2/h11-14,17-20,38,40H,3-10,15-16,21-37H2,1-2H3/b13-11-,14-12-,19-17-,20-18-. The van der Waals surface area contributed by atoms with Gasteiger partial charge in [-0.05, 0) is 83.5 Å². The van der Waals surface area contributed by atoms with Gasteiger partial charge in [0.25, 0.3) is 0 Å². The monoisotopic (exact) mass is 587 g/mol. The van der Waals surface area contributed by atoms with E-state index in [1.54, 1.807) is 0 Å². The van der Waals surface area contributed by atoms with Crippen LogP contribution < -0.4 is 0 Å². The van der Waals surface area contributed by atoms with Crippen molar-refractivity contribution in [2.45, 2.75) is 186 Å². The molecule has 0 aromatic heterocycles. The Hall–Kier alpha value is -1.16. The minimum atomic E-state index is -0.403. The molecular weight excluding hydrogens is 516 g/mol. The molecule has 0 aromatic carbocycles. The highest BCUT2D eigenvalue weighted by atomic mass is 16.7. The molecule has 0 bridgehead atoms. The molecule has 244 valence electrons. The van der Waals surface area contributed by atoms with E-state index in [1.807, 2.05) is 0 Å². The predicted molar refractivity (Wildman–Crippen MR) is 184 cm³/mol. The lowest BCUT2D eigenvalue weighted by Crippen LogP contribution is -2.31. The van der Waals surface area contributed by atoms with Gasteiger partial charge >= 0.3 is 0 Å². The van der Waals surface area contributed by atoms with Crippen LogP contribution in [0.2, 0.25) is 0 Å².